The molecule has 0 saturated heterocycles. The Labute approximate surface area is 322 Å². The number of hydrogen-bond donors (Lipinski definition) is 0. The Bertz CT molecular complexity index is 3450. The first kappa shape index (κ1) is 29.7. The second kappa shape index (κ2) is 10.7. The smallest absolute Gasteiger partial charge is 0.0726 e. The molecule has 2 aliphatic rings. The van der Waals surface area contributed by atoms with Gasteiger partial charge in [-0.15, -0.1) is 11.3 Å². The molecular weight excluding hydrogens is 683 g/mol. The average molecular weight is 714 g/mol. The highest BCUT2D eigenvalue weighted by atomic mass is 32.1. The molecule has 2 heterocycles. The van der Waals surface area contributed by atoms with E-state index in [0.717, 1.165) is 0 Å². The Balaban J connectivity index is 1.10. The quantitative estimate of drug-likeness (QED) is 0.168. The third kappa shape index (κ3) is 3.68. The number of aromatic nitrogens is 1. The lowest BCUT2D eigenvalue weighted by Crippen LogP contribution is -2.25. The van der Waals surface area contributed by atoms with Crippen molar-refractivity contribution < 1.29 is 0 Å². The number of para-hydroxylation sites is 1. The van der Waals surface area contributed by atoms with E-state index in [2.05, 4.69) is 193 Å². The molecule has 254 valence electrons. The fourth-order valence-corrected chi connectivity index (χ4v) is 11.7. The highest BCUT2D eigenvalue weighted by Crippen LogP contribution is 2.64. The number of fused-ring (bicyclic) bond motifs is 18. The first-order chi connectivity index (χ1) is 27.3. The molecule has 2 aromatic heterocycles. The molecule has 1 nitrogen and oxygen atoms in total. The van der Waals surface area contributed by atoms with Gasteiger partial charge in [0.1, 0.15) is 0 Å². The molecule has 2 heteroatoms. The van der Waals surface area contributed by atoms with Gasteiger partial charge in [0.05, 0.1) is 22.1 Å². The van der Waals surface area contributed by atoms with Crippen molar-refractivity contribution in [1.29, 1.82) is 0 Å². The summed E-state index contributed by atoms with van der Waals surface area (Å²) in [5.41, 5.74) is 16.6. The lowest BCUT2D eigenvalue weighted by molar-refractivity contribution is 0.794. The zero-order valence-corrected chi connectivity index (χ0v) is 30.6. The molecule has 0 radical (unpaired) electrons. The molecule has 0 amide bonds. The molecule has 9 aromatic carbocycles. The van der Waals surface area contributed by atoms with Crippen molar-refractivity contribution >= 4 is 64.1 Å². The molecule has 13 rings (SSSR count). The Morgan fingerprint density at radius 1 is 0.382 bits per heavy atom. The van der Waals surface area contributed by atoms with Crippen LogP contribution in [0.2, 0.25) is 0 Å². The molecule has 0 N–H and O–H groups in total. The topological polar surface area (TPSA) is 4.93 Å². The van der Waals surface area contributed by atoms with Crippen molar-refractivity contribution in [3.8, 4) is 39.1 Å². The van der Waals surface area contributed by atoms with E-state index in [1.165, 1.54) is 114 Å². The Morgan fingerprint density at radius 3 is 1.87 bits per heavy atom. The maximum absolute atomic E-state index is 2.53. The number of hydrogen-bond acceptors (Lipinski definition) is 1. The molecule has 1 unspecified atom stereocenters. The normalized spacial score (nSPS) is 15.3. The van der Waals surface area contributed by atoms with Crippen molar-refractivity contribution in [2.24, 2.45) is 0 Å². The van der Waals surface area contributed by atoms with Crippen LogP contribution in [0.4, 0.5) is 0 Å². The molecule has 11 aromatic rings. The maximum Gasteiger partial charge on any atom is 0.0726 e. The van der Waals surface area contributed by atoms with Crippen LogP contribution in [0.5, 0.6) is 0 Å². The minimum atomic E-state index is -0.424. The molecule has 2 aliphatic carbocycles. The van der Waals surface area contributed by atoms with Gasteiger partial charge in [-0.05, 0) is 91.2 Å². The maximum atomic E-state index is 2.53. The van der Waals surface area contributed by atoms with Gasteiger partial charge < -0.3 is 4.57 Å². The molecule has 0 saturated carbocycles. The minimum Gasteiger partial charge on any atom is -0.309 e. The molecule has 1 atom stereocenters. The van der Waals surface area contributed by atoms with Gasteiger partial charge >= 0.3 is 0 Å². The van der Waals surface area contributed by atoms with E-state index in [0.29, 0.717) is 0 Å². The second-order valence-corrected chi connectivity index (χ2v) is 16.2. The summed E-state index contributed by atoms with van der Waals surface area (Å²) in [6.07, 6.45) is 0. The van der Waals surface area contributed by atoms with Crippen LogP contribution in [-0.4, -0.2) is 4.57 Å². The van der Waals surface area contributed by atoms with Crippen LogP contribution in [0.3, 0.4) is 0 Å². The van der Waals surface area contributed by atoms with E-state index >= 15 is 0 Å². The van der Waals surface area contributed by atoms with Crippen molar-refractivity contribution in [2.45, 2.75) is 5.41 Å². The van der Waals surface area contributed by atoms with E-state index in [-0.39, 0.29) is 0 Å². The number of nitrogens with zero attached hydrogens (tertiary/aromatic N) is 1. The fraction of sp³-hybridized carbons (Fsp3) is 0.0189. The van der Waals surface area contributed by atoms with E-state index in [9.17, 15) is 0 Å². The molecule has 0 aliphatic heterocycles. The zero-order valence-electron chi connectivity index (χ0n) is 29.8. The van der Waals surface area contributed by atoms with Crippen molar-refractivity contribution in [1.82, 2.24) is 4.57 Å². The molecule has 1 spiro atoms. The molecule has 55 heavy (non-hydrogen) atoms. The van der Waals surface area contributed by atoms with E-state index in [1.807, 2.05) is 11.3 Å². The van der Waals surface area contributed by atoms with Crippen LogP contribution < -0.4 is 0 Å². The summed E-state index contributed by atoms with van der Waals surface area (Å²) < 4.78 is 5.21. The highest BCUT2D eigenvalue weighted by molar-refractivity contribution is 7.26. The van der Waals surface area contributed by atoms with Gasteiger partial charge in [0, 0.05) is 36.5 Å². The first-order valence-electron chi connectivity index (χ1n) is 19.1. The van der Waals surface area contributed by atoms with Crippen molar-refractivity contribution in [2.75, 3.05) is 0 Å². The summed E-state index contributed by atoms with van der Waals surface area (Å²) in [6, 6.07) is 70.6. The molecular formula is C53H31NS. The number of thiophene rings is 1. The van der Waals surface area contributed by atoms with Crippen LogP contribution in [0.1, 0.15) is 22.3 Å². The highest BCUT2D eigenvalue weighted by Gasteiger charge is 2.52. The summed E-state index contributed by atoms with van der Waals surface area (Å²) in [5.74, 6) is 0. The Morgan fingerprint density at radius 2 is 1.00 bits per heavy atom. The largest absolute Gasteiger partial charge is 0.309 e. The number of rotatable bonds is 2. The lowest BCUT2D eigenvalue weighted by Gasteiger charge is -2.30. The van der Waals surface area contributed by atoms with Gasteiger partial charge in [-0.2, -0.15) is 0 Å². The SMILES string of the molecule is c1ccc2c(c1)-c1c(-n3c4ccccc4c4cc(-c5cccc6c5sc5ccccc56)ccc43)cccc1C21c2ccccc2-c2c1ccc1ccccc21. The monoisotopic (exact) mass is 713 g/mol. The second-order valence-electron chi connectivity index (χ2n) is 15.1. The van der Waals surface area contributed by atoms with Crippen LogP contribution >= 0.6 is 11.3 Å². The van der Waals surface area contributed by atoms with Gasteiger partial charge in [0.25, 0.3) is 0 Å². The predicted octanol–water partition coefficient (Wildman–Crippen LogP) is 14.3. The minimum absolute atomic E-state index is 0.424. The Kier molecular flexibility index (Phi) is 5.77. The van der Waals surface area contributed by atoms with Gasteiger partial charge in [-0.1, -0.05) is 158 Å². The third-order valence-corrected chi connectivity index (χ3v) is 13.8. The van der Waals surface area contributed by atoms with Gasteiger partial charge in [0.2, 0.25) is 0 Å². The van der Waals surface area contributed by atoms with E-state index in [4.69, 9.17) is 0 Å². The van der Waals surface area contributed by atoms with Gasteiger partial charge in [-0.3, -0.25) is 0 Å². The summed E-state index contributed by atoms with van der Waals surface area (Å²) in [7, 11) is 0. The fourth-order valence-electron chi connectivity index (χ4n) is 10.5. The first-order valence-corrected chi connectivity index (χ1v) is 19.9. The van der Waals surface area contributed by atoms with Crippen LogP contribution in [0.25, 0.3) is 91.8 Å². The van der Waals surface area contributed by atoms with Crippen molar-refractivity contribution in [3.63, 3.8) is 0 Å². The lowest BCUT2D eigenvalue weighted by atomic mass is 9.70. The summed E-state index contributed by atoms with van der Waals surface area (Å²) >= 11 is 1.90. The number of benzene rings is 9. The summed E-state index contributed by atoms with van der Waals surface area (Å²) in [4.78, 5) is 0. The molecule has 0 fully saturated rings. The Hall–Kier alpha value is -6.74. The average Bonchev–Trinajstić information content (AvgIpc) is 3.97. The van der Waals surface area contributed by atoms with E-state index in [1.54, 1.807) is 0 Å². The van der Waals surface area contributed by atoms with Crippen LogP contribution in [0, 0.1) is 0 Å². The summed E-state index contributed by atoms with van der Waals surface area (Å²) in [6.45, 7) is 0. The van der Waals surface area contributed by atoms with E-state index < -0.39 is 5.41 Å². The third-order valence-electron chi connectivity index (χ3n) is 12.6. The van der Waals surface area contributed by atoms with Gasteiger partial charge in [-0.25, -0.2) is 0 Å². The van der Waals surface area contributed by atoms with Crippen molar-refractivity contribution in [3.05, 3.63) is 210 Å². The van der Waals surface area contributed by atoms with Crippen LogP contribution in [-0.2, 0) is 5.41 Å². The predicted molar refractivity (Wildman–Crippen MR) is 233 cm³/mol. The zero-order chi connectivity index (χ0) is 35.8. The molecule has 0 bridgehead atoms. The van der Waals surface area contributed by atoms with Gasteiger partial charge in [0.15, 0.2) is 0 Å². The van der Waals surface area contributed by atoms with Crippen LogP contribution in [0.15, 0.2) is 188 Å². The summed E-state index contributed by atoms with van der Waals surface area (Å²) in [5, 5.41) is 7.80. The standard InChI is InChI=1S/C53H31NS/c1-2-14-34-32(13-1)27-29-45-50(34)39-17-3-7-21-42(39)53(45)43-22-8-4-18-40(43)51-44(53)23-12-25-48(51)54-46-24-9-5-15-36(46)41-31-33(28-30-47(41)54)35-19-11-20-38-37-16-6-10-26-49(37)55-52(35)38/h1-31H.